The topological polar surface area (TPSA) is 115 Å². The number of H-pyrrole nitrogens is 2. The van der Waals surface area contributed by atoms with Gasteiger partial charge in [0, 0.05) is 29.9 Å². The molecule has 2 heterocycles. The third kappa shape index (κ3) is 5.22. The van der Waals surface area contributed by atoms with Gasteiger partial charge in [-0.1, -0.05) is 6.07 Å². The number of nitrogens with one attached hydrogen (secondary N) is 3. The molecule has 0 radical (unpaired) electrons. The Kier molecular flexibility index (Phi) is 6.49. The van der Waals surface area contributed by atoms with E-state index in [9.17, 15) is 27.2 Å². The zero-order valence-electron chi connectivity index (χ0n) is 16.6. The minimum Gasteiger partial charge on any atom is -0.475 e. The number of halogens is 4. The number of alkyl halides is 3. The van der Waals surface area contributed by atoms with Crippen LogP contribution in [0.25, 0.3) is 10.9 Å². The molecule has 4 N–H and O–H groups in total. The lowest BCUT2D eigenvalue weighted by Crippen LogP contribution is -2.48. The summed E-state index contributed by atoms with van der Waals surface area (Å²) in [5, 5.41) is 11.4. The molecule has 1 fully saturated rings. The van der Waals surface area contributed by atoms with Gasteiger partial charge in [0.15, 0.2) is 0 Å². The fourth-order valence-corrected chi connectivity index (χ4v) is 3.42. The number of carboxylic acid groups (broad SMARTS) is 1. The molecule has 0 amide bonds. The van der Waals surface area contributed by atoms with Crippen LogP contribution in [0.4, 0.5) is 17.6 Å². The zero-order valence-corrected chi connectivity index (χ0v) is 16.6. The smallest absolute Gasteiger partial charge is 0.475 e. The molecule has 4 rings (SSSR count). The number of hydrogen-bond donors (Lipinski definition) is 4. The molecule has 1 aliphatic rings. The lowest BCUT2D eigenvalue weighted by atomic mass is 9.72. The average Bonchev–Trinajstić information content (AvgIpc) is 2.68. The van der Waals surface area contributed by atoms with E-state index in [0.29, 0.717) is 17.6 Å². The molecule has 0 aliphatic heterocycles. The van der Waals surface area contributed by atoms with Gasteiger partial charge in [-0.2, -0.15) is 13.2 Å². The fraction of sp³-hybridized carbons (Fsp3) is 0.286. The van der Waals surface area contributed by atoms with E-state index in [1.54, 1.807) is 18.3 Å². The van der Waals surface area contributed by atoms with Gasteiger partial charge in [-0.3, -0.25) is 9.59 Å². The Morgan fingerprint density at radius 2 is 1.81 bits per heavy atom. The quantitative estimate of drug-likeness (QED) is 0.453. The first kappa shape index (κ1) is 23.2. The highest BCUT2D eigenvalue weighted by atomic mass is 19.4. The third-order valence-electron chi connectivity index (χ3n) is 5.29. The predicted octanol–water partition coefficient (Wildman–Crippen LogP) is 3.16. The Labute approximate surface area is 178 Å². The second-order valence-corrected chi connectivity index (χ2v) is 7.39. The van der Waals surface area contributed by atoms with Crippen LogP contribution >= 0.6 is 0 Å². The number of fused-ring (bicyclic) bond motifs is 1. The van der Waals surface area contributed by atoms with Crippen molar-refractivity contribution in [2.24, 2.45) is 0 Å². The summed E-state index contributed by atoms with van der Waals surface area (Å²) in [6.07, 6.45) is -0.340. The molecule has 170 valence electrons. The number of pyridine rings is 2. The molecule has 1 aromatic carbocycles. The number of carbonyl (C=O) groups is 1. The molecule has 0 atom stereocenters. The molecule has 1 aliphatic carbocycles. The number of aromatic amines is 2. The monoisotopic (exact) mass is 453 g/mol. The van der Waals surface area contributed by atoms with Crippen LogP contribution < -0.4 is 16.4 Å². The van der Waals surface area contributed by atoms with Crippen molar-refractivity contribution >= 4 is 16.9 Å². The zero-order chi connectivity index (χ0) is 23.5. The van der Waals surface area contributed by atoms with Crippen LogP contribution in [-0.2, 0) is 16.9 Å². The molecule has 0 unspecified atom stereocenters. The maximum atomic E-state index is 13.3. The van der Waals surface area contributed by atoms with E-state index in [1.165, 1.54) is 18.2 Å². The molecule has 0 bridgehead atoms. The van der Waals surface area contributed by atoms with Crippen LogP contribution in [0.5, 0.6) is 0 Å². The molecular formula is C21H19F4N3O4. The van der Waals surface area contributed by atoms with Crippen molar-refractivity contribution in [2.75, 3.05) is 0 Å². The molecule has 2 aromatic heterocycles. The standard InChI is InChI=1S/C19H18FN3O2.C2HF3O2/c20-15-4-2-12-8-13(18(25)23-16(12)9-15)10-22-19(6-1-7-19)14-3-5-17(24)21-11-14;3-2(4,5)1(6)7/h2-5,8-9,11,22H,1,6-7,10H2,(H,21,24)(H,23,25);(H,6,7). The minimum atomic E-state index is -5.08. The summed E-state index contributed by atoms with van der Waals surface area (Å²) in [5.74, 6) is -3.13. The SMILES string of the molecule is O=C(O)C(F)(F)F.O=c1ccc(C2(NCc3cc4ccc(F)cc4[nH]c3=O)CCC2)c[nH]1. The molecule has 1 saturated carbocycles. The molecule has 32 heavy (non-hydrogen) atoms. The van der Waals surface area contributed by atoms with Crippen molar-refractivity contribution in [1.82, 2.24) is 15.3 Å². The normalized spacial score (nSPS) is 14.9. The predicted molar refractivity (Wildman–Crippen MR) is 108 cm³/mol. The molecule has 0 spiro atoms. The third-order valence-corrected chi connectivity index (χ3v) is 5.29. The van der Waals surface area contributed by atoms with Crippen LogP contribution in [0.1, 0.15) is 30.4 Å². The van der Waals surface area contributed by atoms with Crippen LogP contribution in [0.15, 0.2) is 52.2 Å². The first-order chi connectivity index (χ1) is 15.0. The second-order valence-electron chi connectivity index (χ2n) is 7.39. The average molecular weight is 453 g/mol. The molecule has 3 aromatic rings. The number of benzene rings is 1. The van der Waals surface area contributed by atoms with E-state index in [2.05, 4.69) is 15.3 Å². The van der Waals surface area contributed by atoms with Gasteiger partial charge in [0.1, 0.15) is 5.82 Å². The van der Waals surface area contributed by atoms with Crippen molar-refractivity contribution in [3.63, 3.8) is 0 Å². The van der Waals surface area contributed by atoms with Crippen LogP contribution in [-0.4, -0.2) is 27.2 Å². The van der Waals surface area contributed by atoms with Crippen LogP contribution in [0.3, 0.4) is 0 Å². The van der Waals surface area contributed by atoms with Gasteiger partial charge in [-0.05, 0) is 54.5 Å². The number of hydrogen-bond acceptors (Lipinski definition) is 4. The van der Waals surface area contributed by atoms with Crippen molar-refractivity contribution in [3.8, 4) is 0 Å². The largest absolute Gasteiger partial charge is 0.490 e. The molecule has 7 nitrogen and oxygen atoms in total. The fourth-order valence-electron chi connectivity index (χ4n) is 3.42. The van der Waals surface area contributed by atoms with E-state index in [1.807, 2.05) is 6.07 Å². The Balaban J connectivity index is 0.000000360. The summed E-state index contributed by atoms with van der Waals surface area (Å²) in [6, 6.07) is 9.51. The van der Waals surface area contributed by atoms with E-state index in [0.717, 1.165) is 30.2 Å². The van der Waals surface area contributed by atoms with Crippen LogP contribution in [0.2, 0.25) is 0 Å². The summed E-state index contributed by atoms with van der Waals surface area (Å²) in [6.45, 7) is 0.405. The lowest BCUT2D eigenvalue weighted by Gasteiger charge is -2.43. The van der Waals surface area contributed by atoms with Gasteiger partial charge >= 0.3 is 12.1 Å². The summed E-state index contributed by atoms with van der Waals surface area (Å²) in [7, 11) is 0. The first-order valence-corrected chi connectivity index (χ1v) is 9.56. The van der Waals surface area contributed by atoms with Gasteiger partial charge < -0.3 is 20.4 Å². The first-order valence-electron chi connectivity index (χ1n) is 9.56. The van der Waals surface area contributed by atoms with E-state index < -0.39 is 12.1 Å². The Morgan fingerprint density at radius 3 is 2.34 bits per heavy atom. The van der Waals surface area contributed by atoms with Crippen molar-refractivity contribution in [3.05, 3.63) is 80.2 Å². The van der Waals surface area contributed by atoms with E-state index in [-0.39, 0.29) is 22.5 Å². The maximum Gasteiger partial charge on any atom is 0.490 e. The number of carboxylic acids is 1. The summed E-state index contributed by atoms with van der Waals surface area (Å²) < 4.78 is 45.0. The molecule has 11 heteroatoms. The summed E-state index contributed by atoms with van der Waals surface area (Å²) in [5.41, 5.74) is 1.56. The van der Waals surface area contributed by atoms with Crippen molar-refractivity contribution in [2.45, 2.75) is 37.5 Å². The second kappa shape index (κ2) is 8.95. The van der Waals surface area contributed by atoms with Gasteiger partial charge in [0.05, 0.1) is 5.52 Å². The highest BCUT2D eigenvalue weighted by molar-refractivity contribution is 5.78. The van der Waals surface area contributed by atoms with Crippen molar-refractivity contribution in [1.29, 1.82) is 0 Å². The Hall–Kier alpha value is -3.47. The molecule has 0 saturated heterocycles. The van der Waals surface area contributed by atoms with Crippen LogP contribution in [0, 0.1) is 5.82 Å². The highest BCUT2D eigenvalue weighted by Crippen LogP contribution is 2.40. The van der Waals surface area contributed by atoms with Gasteiger partial charge in [0.25, 0.3) is 5.56 Å². The summed E-state index contributed by atoms with van der Waals surface area (Å²) in [4.78, 5) is 37.9. The number of aromatic nitrogens is 2. The number of aliphatic carboxylic acids is 1. The van der Waals surface area contributed by atoms with Gasteiger partial charge in [0.2, 0.25) is 5.56 Å². The number of rotatable bonds is 4. The highest BCUT2D eigenvalue weighted by Gasteiger charge is 2.39. The van der Waals surface area contributed by atoms with Gasteiger partial charge in [-0.25, -0.2) is 9.18 Å². The van der Waals surface area contributed by atoms with Crippen molar-refractivity contribution < 1.29 is 27.5 Å². The maximum absolute atomic E-state index is 13.3. The lowest BCUT2D eigenvalue weighted by molar-refractivity contribution is -0.192. The molecular weight excluding hydrogens is 434 g/mol. The Morgan fingerprint density at radius 1 is 1.12 bits per heavy atom. The minimum absolute atomic E-state index is 0.128. The Bertz CT molecular complexity index is 1230. The van der Waals surface area contributed by atoms with Gasteiger partial charge in [-0.15, -0.1) is 0 Å². The van der Waals surface area contributed by atoms with E-state index >= 15 is 0 Å². The summed E-state index contributed by atoms with van der Waals surface area (Å²) >= 11 is 0. The van der Waals surface area contributed by atoms with E-state index in [4.69, 9.17) is 9.90 Å².